The van der Waals surface area contributed by atoms with Crippen molar-refractivity contribution < 1.29 is 8.42 Å². The monoisotopic (exact) mass is 363 g/mol. The van der Waals surface area contributed by atoms with Crippen LogP contribution < -0.4 is 0 Å². The van der Waals surface area contributed by atoms with Crippen LogP contribution in [0.5, 0.6) is 0 Å². The minimum atomic E-state index is -4.03. The summed E-state index contributed by atoms with van der Waals surface area (Å²) in [7, 11) is -4.03. The quantitative estimate of drug-likeness (QED) is 0.573. The third-order valence-electron chi connectivity index (χ3n) is 2.92. The molecule has 6 heteroatoms. The summed E-state index contributed by atoms with van der Waals surface area (Å²) in [5.41, 5.74) is 0.888. The van der Waals surface area contributed by atoms with Crippen LogP contribution in [0.15, 0.2) is 70.5 Å². The Labute approximate surface area is 145 Å². The molecule has 0 atom stereocenters. The van der Waals surface area contributed by atoms with Crippen LogP contribution >= 0.6 is 23.2 Å². The molecule has 0 aliphatic rings. The molecule has 0 fully saturated rings. The fourth-order valence-corrected chi connectivity index (χ4v) is 3.68. The standard InChI is InChI=1S/C17H11Cl2NO2S/c18-14-9-10-16(19)17(11-14)23(21,22)15(12-20)8-4-7-13-5-2-1-3-6-13/h1-11H/b7-4+,15-8+. The Hall–Kier alpha value is -2.06. The summed E-state index contributed by atoms with van der Waals surface area (Å²) >= 11 is 11.7. The van der Waals surface area contributed by atoms with Gasteiger partial charge >= 0.3 is 0 Å². The molecule has 0 amide bonds. The van der Waals surface area contributed by atoms with Crippen LogP contribution in [-0.4, -0.2) is 8.42 Å². The van der Waals surface area contributed by atoms with Gasteiger partial charge in [0.2, 0.25) is 9.84 Å². The Balaban J connectivity index is 2.40. The predicted octanol–water partition coefficient (Wildman–Crippen LogP) is 4.89. The predicted molar refractivity (Wildman–Crippen MR) is 92.8 cm³/mol. The van der Waals surface area contributed by atoms with E-state index < -0.39 is 14.7 Å². The number of sulfone groups is 1. The van der Waals surface area contributed by atoms with Gasteiger partial charge in [0.25, 0.3) is 0 Å². The largest absolute Gasteiger partial charge is 0.218 e. The number of hydrogen-bond acceptors (Lipinski definition) is 3. The lowest BCUT2D eigenvalue weighted by Gasteiger charge is -2.05. The maximum absolute atomic E-state index is 12.5. The fraction of sp³-hybridized carbons (Fsp3) is 0. The molecule has 0 spiro atoms. The topological polar surface area (TPSA) is 57.9 Å². The number of halogens is 2. The van der Waals surface area contributed by atoms with Crippen molar-refractivity contribution >= 4 is 39.1 Å². The van der Waals surface area contributed by atoms with E-state index in [9.17, 15) is 13.7 Å². The van der Waals surface area contributed by atoms with Crippen LogP contribution in [0, 0.1) is 11.3 Å². The van der Waals surface area contributed by atoms with Gasteiger partial charge in [-0.15, -0.1) is 0 Å². The molecule has 0 unspecified atom stereocenters. The molecule has 0 saturated carbocycles. The first-order valence-electron chi connectivity index (χ1n) is 6.49. The number of nitrogens with zero attached hydrogens (tertiary/aromatic N) is 1. The third kappa shape index (κ3) is 4.23. The number of rotatable bonds is 4. The molecule has 2 aromatic rings. The minimum absolute atomic E-state index is 0.0163. The molecule has 2 rings (SSSR count). The maximum atomic E-state index is 12.5. The lowest BCUT2D eigenvalue weighted by Crippen LogP contribution is -2.04. The first kappa shape index (κ1) is 17.3. The molecule has 0 aliphatic carbocycles. The van der Waals surface area contributed by atoms with Crippen LogP contribution in [0.1, 0.15) is 5.56 Å². The van der Waals surface area contributed by atoms with E-state index in [4.69, 9.17) is 23.2 Å². The molecule has 3 nitrogen and oxygen atoms in total. The van der Waals surface area contributed by atoms with E-state index in [1.54, 1.807) is 12.1 Å². The van der Waals surface area contributed by atoms with Crippen LogP contribution in [0.25, 0.3) is 6.08 Å². The van der Waals surface area contributed by atoms with E-state index >= 15 is 0 Å². The van der Waals surface area contributed by atoms with Crippen molar-refractivity contribution in [2.45, 2.75) is 4.90 Å². The highest BCUT2D eigenvalue weighted by Crippen LogP contribution is 2.29. The van der Waals surface area contributed by atoms with E-state index in [1.807, 2.05) is 30.3 Å². The van der Waals surface area contributed by atoms with Gasteiger partial charge in [-0.3, -0.25) is 0 Å². The zero-order chi connectivity index (χ0) is 16.9. The summed E-state index contributed by atoms with van der Waals surface area (Å²) in [4.78, 5) is -0.596. The Bertz CT molecular complexity index is 911. The first-order valence-corrected chi connectivity index (χ1v) is 8.72. The van der Waals surface area contributed by atoms with E-state index in [1.165, 1.54) is 30.4 Å². The van der Waals surface area contributed by atoms with Crippen LogP contribution in [0.4, 0.5) is 0 Å². The van der Waals surface area contributed by atoms with Gasteiger partial charge in [0, 0.05) is 5.02 Å². The molecule has 0 aliphatic heterocycles. The fourth-order valence-electron chi connectivity index (χ4n) is 1.80. The van der Waals surface area contributed by atoms with Gasteiger partial charge in [-0.2, -0.15) is 5.26 Å². The number of nitriles is 1. The lowest BCUT2D eigenvalue weighted by molar-refractivity contribution is 0.603. The van der Waals surface area contributed by atoms with Crippen LogP contribution in [-0.2, 0) is 9.84 Å². The Kier molecular flexibility index (Phi) is 5.62. The van der Waals surface area contributed by atoms with Crippen molar-refractivity contribution in [3.63, 3.8) is 0 Å². The molecular weight excluding hydrogens is 353 g/mol. The summed E-state index contributed by atoms with van der Waals surface area (Å²) in [5, 5.41) is 9.42. The van der Waals surface area contributed by atoms with Crippen molar-refractivity contribution in [3.8, 4) is 6.07 Å². The SMILES string of the molecule is N#C/C(=C\C=C\c1ccccc1)S(=O)(=O)c1cc(Cl)ccc1Cl. The number of benzene rings is 2. The summed E-state index contributed by atoms with van der Waals surface area (Å²) in [6.45, 7) is 0. The molecule has 2 aromatic carbocycles. The summed E-state index contributed by atoms with van der Waals surface area (Å²) in [5.74, 6) is 0. The summed E-state index contributed by atoms with van der Waals surface area (Å²) in [6.07, 6.45) is 4.44. The normalized spacial score (nSPS) is 12.3. The molecule has 0 radical (unpaired) electrons. The molecule has 0 saturated heterocycles. The molecule has 23 heavy (non-hydrogen) atoms. The van der Waals surface area contributed by atoms with Crippen molar-refractivity contribution in [2.24, 2.45) is 0 Å². The van der Waals surface area contributed by atoms with Gasteiger partial charge in [-0.1, -0.05) is 65.7 Å². The third-order valence-corrected chi connectivity index (χ3v) is 5.32. The molecule has 116 valence electrons. The second-order valence-corrected chi connectivity index (χ2v) is 7.22. The first-order chi connectivity index (χ1) is 10.9. The molecule has 0 N–H and O–H groups in total. The Morgan fingerprint density at radius 2 is 1.78 bits per heavy atom. The van der Waals surface area contributed by atoms with Crippen molar-refractivity contribution in [1.29, 1.82) is 5.26 Å². The Morgan fingerprint density at radius 1 is 1.09 bits per heavy atom. The average Bonchev–Trinajstić information content (AvgIpc) is 2.54. The average molecular weight is 364 g/mol. The highest BCUT2D eigenvalue weighted by molar-refractivity contribution is 7.95. The van der Waals surface area contributed by atoms with Crippen molar-refractivity contribution in [2.75, 3.05) is 0 Å². The van der Waals surface area contributed by atoms with Gasteiger partial charge in [0.1, 0.15) is 11.0 Å². The second kappa shape index (κ2) is 7.47. The van der Waals surface area contributed by atoms with Gasteiger partial charge < -0.3 is 0 Å². The highest BCUT2D eigenvalue weighted by atomic mass is 35.5. The Morgan fingerprint density at radius 3 is 2.43 bits per heavy atom. The minimum Gasteiger partial charge on any atom is -0.218 e. The van der Waals surface area contributed by atoms with Crippen LogP contribution in [0.2, 0.25) is 10.0 Å². The second-order valence-electron chi connectivity index (χ2n) is 4.49. The summed E-state index contributed by atoms with van der Waals surface area (Å²) in [6, 6.07) is 15.1. The molecular formula is C17H11Cl2NO2S. The zero-order valence-electron chi connectivity index (χ0n) is 11.8. The number of hydrogen-bond donors (Lipinski definition) is 0. The van der Waals surface area contributed by atoms with E-state index in [-0.39, 0.29) is 14.9 Å². The molecule has 0 aromatic heterocycles. The lowest BCUT2D eigenvalue weighted by atomic mass is 10.2. The summed E-state index contributed by atoms with van der Waals surface area (Å²) < 4.78 is 25.0. The number of allylic oxidation sites excluding steroid dienone is 3. The zero-order valence-corrected chi connectivity index (χ0v) is 14.1. The maximum Gasteiger partial charge on any atom is 0.218 e. The van der Waals surface area contributed by atoms with E-state index in [0.717, 1.165) is 5.56 Å². The van der Waals surface area contributed by atoms with E-state index in [2.05, 4.69) is 0 Å². The smallest absolute Gasteiger partial charge is 0.218 e. The van der Waals surface area contributed by atoms with Gasteiger partial charge in [-0.25, -0.2) is 8.42 Å². The van der Waals surface area contributed by atoms with Crippen LogP contribution in [0.3, 0.4) is 0 Å². The van der Waals surface area contributed by atoms with E-state index in [0.29, 0.717) is 0 Å². The van der Waals surface area contributed by atoms with Gasteiger partial charge in [0.15, 0.2) is 0 Å². The van der Waals surface area contributed by atoms with Crippen molar-refractivity contribution in [3.05, 3.63) is 81.2 Å². The molecule has 0 heterocycles. The molecule has 0 bridgehead atoms. The van der Waals surface area contributed by atoms with Gasteiger partial charge in [-0.05, 0) is 29.8 Å². The van der Waals surface area contributed by atoms with Crippen molar-refractivity contribution in [1.82, 2.24) is 0 Å². The van der Waals surface area contributed by atoms with Gasteiger partial charge in [0.05, 0.1) is 9.92 Å². The highest BCUT2D eigenvalue weighted by Gasteiger charge is 2.23.